The first-order valence-corrected chi connectivity index (χ1v) is 6.46. The Hall–Kier alpha value is -2.42. The number of hydrogen-bond acceptors (Lipinski definition) is 2. The van der Waals surface area contributed by atoms with E-state index in [9.17, 15) is 0 Å². The average molecular weight is 249 g/mol. The highest BCUT2D eigenvalue weighted by molar-refractivity contribution is 5.97. The fraction of sp³-hybridized carbons (Fsp3) is 0.125. The molecule has 0 amide bonds. The summed E-state index contributed by atoms with van der Waals surface area (Å²) < 4.78 is 2.27. The molecule has 3 heteroatoms. The van der Waals surface area contributed by atoms with Crippen LogP contribution in [0.15, 0.2) is 42.5 Å². The normalized spacial score (nSPS) is 12.9. The maximum atomic E-state index is 5.93. The number of nitrogens with zero attached hydrogens (tertiary/aromatic N) is 1. The van der Waals surface area contributed by atoms with Crippen LogP contribution in [0.2, 0.25) is 0 Å². The highest BCUT2D eigenvalue weighted by atomic mass is 15.0. The van der Waals surface area contributed by atoms with Crippen molar-refractivity contribution < 1.29 is 0 Å². The highest BCUT2D eigenvalue weighted by Gasteiger charge is 2.22. The molecule has 2 heterocycles. The van der Waals surface area contributed by atoms with Crippen LogP contribution >= 0.6 is 0 Å². The van der Waals surface area contributed by atoms with Gasteiger partial charge in [0.1, 0.15) is 0 Å². The maximum Gasteiger partial charge on any atom is 0.0560 e. The zero-order chi connectivity index (χ0) is 13.0. The van der Waals surface area contributed by atoms with E-state index in [2.05, 4.69) is 53.3 Å². The zero-order valence-electron chi connectivity index (χ0n) is 10.8. The third-order valence-electron chi connectivity index (χ3n) is 3.97. The summed E-state index contributed by atoms with van der Waals surface area (Å²) in [6, 6.07) is 14.6. The number of benzene rings is 2. The van der Waals surface area contributed by atoms with Crippen LogP contribution in [0.25, 0.3) is 22.2 Å². The number of nitrogens with one attached hydrogen (secondary N) is 1. The molecule has 0 atom stereocenters. The molecular formula is C16H15N3. The molecule has 3 nitrogen and oxygen atoms in total. The highest BCUT2D eigenvalue weighted by Crippen LogP contribution is 2.40. The first-order valence-electron chi connectivity index (χ1n) is 6.46. The van der Waals surface area contributed by atoms with Gasteiger partial charge in [0.25, 0.3) is 0 Å². The van der Waals surface area contributed by atoms with Crippen LogP contribution in [-0.4, -0.2) is 4.57 Å². The van der Waals surface area contributed by atoms with Gasteiger partial charge in [0.15, 0.2) is 0 Å². The minimum atomic E-state index is 0.819. The summed E-state index contributed by atoms with van der Waals surface area (Å²) in [7, 11) is 2.12. The Balaban J connectivity index is 2.14. The Bertz CT molecular complexity index is 799. The number of aromatic nitrogens is 1. The van der Waals surface area contributed by atoms with E-state index in [0.29, 0.717) is 0 Å². The van der Waals surface area contributed by atoms with Crippen molar-refractivity contribution in [1.82, 2.24) is 4.57 Å². The number of anilines is 2. The van der Waals surface area contributed by atoms with Crippen molar-refractivity contribution >= 4 is 22.3 Å². The van der Waals surface area contributed by atoms with Crippen molar-refractivity contribution in [2.45, 2.75) is 6.54 Å². The van der Waals surface area contributed by atoms with Crippen molar-refractivity contribution in [3.05, 3.63) is 48.0 Å². The molecule has 0 radical (unpaired) electrons. The Morgan fingerprint density at radius 3 is 2.89 bits per heavy atom. The second-order valence-electron chi connectivity index (χ2n) is 5.06. The van der Waals surface area contributed by atoms with Crippen LogP contribution in [0.3, 0.4) is 0 Å². The molecule has 19 heavy (non-hydrogen) atoms. The molecule has 0 saturated carbocycles. The Morgan fingerprint density at radius 2 is 2.00 bits per heavy atom. The largest absolute Gasteiger partial charge is 0.399 e. The summed E-state index contributed by atoms with van der Waals surface area (Å²) in [6.45, 7) is 0.854. The molecule has 1 aliphatic rings. The zero-order valence-corrected chi connectivity index (χ0v) is 10.8. The molecule has 0 spiro atoms. The summed E-state index contributed by atoms with van der Waals surface area (Å²) in [5, 5.41) is 4.74. The molecule has 1 aromatic heterocycles. The molecule has 0 saturated heterocycles. The minimum Gasteiger partial charge on any atom is -0.399 e. The first kappa shape index (κ1) is 10.5. The molecule has 0 bridgehead atoms. The summed E-state index contributed by atoms with van der Waals surface area (Å²) in [6.07, 6.45) is 0. The number of nitrogens with two attached hydrogens (primary N) is 1. The van der Waals surface area contributed by atoms with Gasteiger partial charge >= 0.3 is 0 Å². The van der Waals surface area contributed by atoms with Crippen LogP contribution in [0.1, 0.15) is 5.56 Å². The second kappa shape index (κ2) is 3.54. The first-order chi connectivity index (χ1) is 9.25. The fourth-order valence-electron chi connectivity index (χ4n) is 3.09. The van der Waals surface area contributed by atoms with E-state index in [1.807, 2.05) is 6.07 Å². The number of nitrogen functional groups attached to an aromatic ring is 1. The van der Waals surface area contributed by atoms with Gasteiger partial charge in [-0.1, -0.05) is 18.2 Å². The van der Waals surface area contributed by atoms with Gasteiger partial charge in [-0.25, -0.2) is 0 Å². The van der Waals surface area contributed by atoms with Gasteiger partial charge in [-0.15, -0.1) is 0 Å². The lowest BCUT2D eigenvalue weighted by molar-refractivity contribution is 0.958. The Kier molecular flexibility index (Phi) is 1.96. The van der Waals surface area contributed by atoms with Gasteiger partial charge in [-0.3, -0.25) is 0 Å². The topological polar surface area (TPSA) is 43.0 Å². The van der Waals surface area contributed by atoms with E-state index in [1.165, 1.54) is 33.4 Å². The van der Waals surface area contributed by atoms with Crippen molar-refractivity contribution in [2.75, 3.05) is 11.1 Å². The van der Waals surface area contributed by atoms with Gasteiger partial charge in [-0.05, 0) is 24.3 Å². The van der Waals surface area contributed by atoms with E-state index in [4.69, 9.17) is 5.73 Å². The molecule has 94 valence electrons. The Morgan fingerprint density at radius 1 is 1.16 bits per heavy atom. The quantitative estimate of drug-likeness (QED) is 0.600. The molecule has 0 unspecified atom stereocenters. The van der Waals surface area contributed by atoms with E-state index in [1.54, 1.807) is 0 Å². The lowest BCUT2D eigenvalue weighted by Gasteiger charge is -2.20. The smallest absolute Gasteiger partial charge is 0.0560 e. The van der Waals surface area contributed by atoms with Crippen LogP contribution in [0.4, 0.5) is 11.4 Å². The molecule has 2 aromatic carbocycles. The number of hydrogen-bond donors (Lipinski definition) is 2. The van der Waals surface area contributed by atoms with Crippen molar-refractivity contribution in [3.63, 3.8) is 0 Å². The van der Waals surface area contributed by atoms with E-state index in [-0.39, 0.29) is 0 Å². The molecule has 1 aliphatic heterocycles. The summed E-state index contributed by atoms with van der Waals surface area (Å²) in [5.41, 5.74) is 13.1. The number of para-hydroxylation sites is 1. The average Bonchev–Trinajstić information content (AvgIpc) is 2.72. The predicted molar refractivity (Wildman–Crippen MR) is 80.1 cm³/mol. The standard InChI is InChI=1S/C16H15N3/c1-19-15-7-6-10(17)8-12(15)13-9-18-14-5-3-2-4-11(14)16(13)19/h2-8,18H,9,17H2,1H3. The SMILES string of the molecule is Cn1c2c(c3cc(N)ccc31)CNc1ccccc1-2. The van der Waals surface area contributed by atoms with Crippen molar-refractivity contribution in [1.29, 1.82) is 0 Å². The van der Waals surface area contributed by atoms with Gasteiger partial charge in [0, 0.05) is 47.0 Å². The summed E-state index contributed by atoms with van der Waals surface area (Å²) in [4.78, 5) is 0. The predicted octanol–water partition coefficient (Wildman–Crippen LogP) is 3.35. The molecule has 3 aromatic rings. The van der Waals surface area contributed by atoms with Gasteiger partial charge < -0.3 is 15.6 Å². The minimum absolute atomic E-state index is 0.819. The lowest BCUT2D eigenvalue weighted by atomic mass is 9.99. The van der Waals surface area contributed by atoms with Gasteiger partial charge in [0.2, 0.25) is 0 Å². The molecule has 4 rings (SSSR count). The van der Waals surface area contributed by atoms with E-state index < -0.39 is 0 Å². The van der Waals surface area contributed by atoms with Crippen LogP contribution < -0.4 is 11.1 Å². The van der Waals surface area contributed by atoms with Crippen LogP contribution in [-0.2, 0) is 13.6 Å². The summed E-state index contributed by atoms with van der Waals surface area (Å²) in [5.74, 6) is 0. The van der Waals surface area contributed by atoms with Crippen molar-refractivity contribution in [2.24, 2.45) is 7.05 Å². The number of rotatable bonds is 0. The molecular weight excluding hydrogens is 234 g/mol. The maximum absolute atomic E-state index is 5.93. The van der Waals surface area contributed by atoms with E-state index >= 15 is 0 Å². The molecule has 3 N–H and O–H groups in total. The summed E-state index contributed by atoms with van der Waals surface area (Å²) >= 11 is 0. The van der Waals surface area contributed by atoms with E-state index in [0.717, 1.165) is 12.2 Å². The Labute approximate surface area is 111 Å². The monoisotopic (exact) mass is 249 g/mol. The van der Waals surface area contributed by atoms with Crippen molar-refractivity contribution in [3.8, 4) is 11.3 Å². The molecule has 0 fully saturated rings. The second-order valence-corrected chi connectivity index (χ2v) is 5.06. The number of fused-ring (bicyclic) bond motifs is 5. The fourth-order valence-corrected chi connectivity index (χ4v) is 3.09. The van der Waals surface area contributed by atoms with Gasteiger partial charge in [-0.2, -0.15) is 0 Å². The van der Waals surface area contributed by atoms with Crippen LogP contribution in [0, 0.1) is 0 Å². The lowest BCUT2D eigenvalue weighted by Crippen LogP contribution is -2.09. The van der Waals surface area contributed by atoms with Crippen LogP contribution in [0.5, 0.6) is 0 Å². The third-order valence-corrected chi connectivity index (χ3v) is 3.97. The third kappa shape index (κ3) is 1.32. The molecule has 0 aliphatic carbocycles. The van der Waals surface area contributed by atoms with Gasteiger partial charge in [0.05, 0.1) is 5.69 Å². The number of aryl methyl sites for hydroxylation is 1.